The minimum Gasteiger partial charge on any atom is -0.496 e. The van der Waals surface area contributed by atoms with Crippen LogP contribution in [0.1, 0.15) is 23.0 Å². The molecule has 2 aromatic heterocycles. The molecule has 3 aromatic rings. The van der Waals surface area contributed by atoms with Gasteiger partial charge in [0, 0.05) is 28.2 Å². The Balaban J connectivity index is 1.85. The summed E-state index contributed by atoms with van der Waals surface area (Å²) in [7, 11) is 1.64. The monoisotopic (exact) mass is 419 g/mol. The third kappa shape index (κ3) is 3.77. The average Bonchev–Trinajstić information content (AvgIpc) is 3.21. The highest BCUT2D eigenvalue weighted by molar-refractivity contribution is 9.10. The number of nitrogens with zero attached hydrogens (tertiary/aromatic N) is 2. The van der Waals surface area contributed by atoms with Crippen LogP contribution in [0.5, 0.6) is 5.75 Å². The summed E-state index contributed by atoms with van der Waals surface area (Å²) >= 11 is 4.80. The molecule has 0 unspecified atom stereocenters. The predicted molar refractivity (Wildman–Crippen MR) is 105 cm³/mol. The maximum absolute atomic E-state index is 12.5. The van der Waals surface area contributed by atoms with Crippen LogP contribution >= 0.6 is 27.3 Å². The Hall–Kier alpha value is -2.12. The molecule has 0 atom stereocenters. The minimum atomic E-state index is -0.176. The van der Waals surface area contributed by atoms with E-state index in [1.54, 1.807) is 13.2 Å². The molecule has 0 aliphatic rings. The summed E-state index contributed by atoms with van der Waals surface area (Å²) in [6.07, 6.45) is 1.89. The number of carbonyl (C=O) groups excluding carboxylic acids is 1. The van der Waals surface area contributed by atoms with Crippen LogP contribution in [0.4, 0.5) is 5.13 Å². The molecule has 25 heavy (non-hydrogen) atoms. The number of ether oxygens (including phenoxy) is 1. The van der Waals surface area contributed by atoms with Gasteiger partial charge in [-0.15, -0.1) is 11.3 Å². The molecule has 0 aliphatic carbocycles. The molecular formula is C18H18BrN3O2S. The molecule has 1 N–H and O–H groups in total. The number of rotatable bonds is 5. The normalized spacial score (nSPS) is 10.7. The van der Waals surface area contributed by atoms with E-state index in [2.05, 4.69) is 26.2 Å². The first-order chi connectivity index (χ1) is 12.0. The van der Waals surface area contributed by atoms with Crippen LogP contribution in [0.3, 0.4) is 0 Å². The Morgan fingerprint density at radius 1 is 1.40 bits per heavy atom. The number of anilines is 1. The SMILES string of the molecule is CCn1cc(Br)cc1C(=O)Nc1nc(-c2cc(C)ccc2OC)cs1. The molecule has 0 aliphatic heterocycles. The van der Waals surface area contributed by atoms with Crippen molar-refractivity contribution in [3.8, 4) is 17.0 Å². The second kappa shape index (κ2) is 7.41. The zero-order valence-electron chi connectivity index (χ0n) is 14.2. The van der Waals surface area contributed by atoms with Gasteiger partial charge in [0.15, 0.2) is 5.13 Å². The van der Waals surface area contributed by atoms with Gasteiger partial charge >= 0.3 is 0 Å². The fourth-order valence-electron chi connectivity index (χ4n) is 2.56. The number of hydrogen-bond donors (Lipinski definition) is 1. The fourth-order valence-corrected chi connectivity index (χ4v) is 3.73. The van der Waals surface area contributed by atoms with Gasteiger partial charge in [-0.1, -0.05) is 11.6 Å². The van der Waals surface area contributed by atoms with Crippen molar-refractivity contribution in [1.29, 1.82) is 0 Å². The Morgan fingerprint density at radius 2 is 2.20 bits per heavy atom. The van der Waals surface area contributed by atoms with Gasteiger partial charge in [0.2, 0.25) is 0 Å². The molecule has 0 bridgehead atoms. The smallest absolute Gasteiger partial charge is 0.274 e. The maximum Gasteiger partial charge on any atom is 0.274 e. The minimum absolute atomic E-state index is 0.176. The molecule has 130 valence electrons. The van der Waals surface area contributed by atoms with Gasteiger partial charge in [0.05, 0.1) is 12.8 Å². The molecule has 3 rings (SSSR count). The first-order valence-corrected chi connectivity index (χ1v) is 9.46. The van der Waals surface area contributed by atoms with Crippen LogP contribution in [0.15, 0.2) is 40.3 Å². The third-order valence-electron chi connectivity index (χ3n) is 3.79. The van der Waals surface area contributed by atoms with E-state index in [1.165, 1.54) is 11.3 Å². The lowest BCUT2D eigenvalue weighted by Crippen LogP contribution is -2.16. The second-order valence-corrected chi connectivity index (χ2v) is 7.30. The standard InChI is InChI=1S/C18H18BrN3O2S/c1-4-22-9-12(19)8-15(22)17(23)21-18-20-14(10-25-18)13-7-11(2)5-6-16(13)24-3/h5-10H,4H2,1-3H3,(H,20,21,23). The van der Waals surface area contributed by atoms with E-state index in [0.29, 0.717) is 10.8 Å². The zero-order valence-corrected chi connectivity index (χ0v) is 16.6. The first kappa shape index (κ1) is 17.7. The summed E-state index contributed by atoms with van der Waals surface area (Å²) < 4.78 is 8.18. The molecule has 0 spiro atoms. The number of benzene rings is 1. The molecule has 7 heteroatoms. The number of halogens is 1. The highest BCUT2D eigenvalue weighted by atomic mass is 79.9. The van der Waals surface area contributed by atoms with Crippen molar-refractivity contribution in [2.75, 3.05) is 12.4 Å². The Kier molecular flexibility index (Phi) is 5.24. The van der Waals surface area contributed by atoms with Crippen molar-refractivity contribution >= 4 is 38.3 Å². The van der Waals surface area contributed by atoms with Gasteiger partial charge in [0.25, 0.3) is 5.91 Å². The summed E-state index contributed by atoms with van der Waals surface area (Å²) in [6, 6.07) is 7.75. The second-order valence-electron chi connectivity index (χ2n) is 5.53. The van der Waals surface area contributed by atoms with Crippen molar-refractivity contribution in [3.63, 3.8) is 0 Å². The quantitative estimate of drug-likeness (QED) is 0.635. The molecule has 1 amide bonds. The summed E-state index contributed by atoms with van der Waals surface area (Å²) in [6.45, 7) is 4.74. The predicted octanol–water partition coefficient (Wildman–Crippen LogP) is 4.96. The number of amides is 1. The molecule has 0 saturated carbocycles. The van der Waals surface area contributed by atoms with E-state index in [1.807, 2.05) is 48.2 Å². The lowest BCUT2D eigenvalue weighted by molar-refractivity contribution is 0.101. The van der Waals surface area contributed by atoms with Crippen LogP contribution in [0, 0.1) is 6.92 Å². The van der Waals surface area contributed by atoms with E-state index < -0.39 is 0 Å². The van der Waals surface area contributed by atoms with Gasteiger partial charge in [-0.3, -0.25) is 10.1 Å². The number of thiazole rings is 1. The highest BCUT2D eigenvalue weighted by Gasteiger charge is 2.16. The van der Waals surface area contributed by atoms with Gasteiger partial charge in [0.1, 0.15) is 11.4 Å². The van der Waals surface area contributed by atoms with E-state index in [-0.39, 0.29) is 5.91 Å². The van der Waals surface area contributed by atoms with E-state index in [0.717, 1.165) is 33.6 Å². The summed E-state index contributed by atoms with van der Waals surface area (Å²) in [4.78, 5) is 17.1. The van der Waals surface area contributed by atoms with E-state index in [9.17, 15) is 4.79 Å². The van der Waals surface area contributed by atoms with Crippen LogP contribution in [0.25, 0.3) is 11.3 Å². The highest BCUT2D eigenvalue weighted by Crippen LogP contribution is 2.33. The van der Waals surface area contributed by atoms with Crippen LogP contribution < -0.4 is 10.1 Å². The number of methoxy groups -OCH3 is 1. The average molecular weight is 420 g/mol. The van der Waals surface area contributed by atoms with Crippen LogP contribution in [-0.2, 0) is 6.54 Å². The van der Waals surface area contributed by atoms with Gasteiger partial charge in [-0.05, 0) is 48.0 Å². The lowest BCUT2D eigenvalue weighted by atomic mass is 10.1. The maximum atomic E-state index is 12.5. The Morgan fingerprint density at radius 3 is 2.92 bits per heavy atom. The number of aromatic nitrogens is 2. The molecule has 1 aromatic carbocycles. The lowest BCUT2D eigenvalue weighted by Gasteiger charge is -2.07. The summed E-state index contributed by atoms with van der Waals surface area (Å²) in [5.41, 5.74) is 3.42. The number of hydrogen-bond acceptors (Lipinski definition) is 4. The third-order valence-corrected chi connectivity index (χ3v) is 4.98. The molecule has 0 fully saturated rings. The van der Waals surface area contributed by atoms with Gasteiger partial charge in [-0.25, -0.2) is 4.98 Å². The van der Waals surface area contributed by atoms with Crippen molar-refractivity contribution < 1.29 is 9.53 Å². The van der Waals surface area contributed by atoms with E-state index in [4.69, 9.17) is 4.74 Å². The molecular weight excluding hydrogens is 402 g/mol. The van der Waals surface area contributed by atoms with Gasteiger partial charge < -0.3 is 9.30 Å². The summed E-state index contributed by atoms with van der Waals surface area (Å²) in [5, 5.41) is 5.35. The molecule has 0 radical (unpaired) electrons. The number of aryl methyl sites for hydroxylation is 2. The summed E-state index contributed by atoms with van der Waals surface area (Å²) in [5.74, 6) is 0.585. The Labute approximate surface area is 158 Å². The largest absolute Gasteiger partial charge is 0.496 e. The van der Waals surface area contributed by atoms with Crippen molar-refractivity contribution in [2.45, 2.75) is 20.4 Å². The van der Waals surface area contributed by atoms with Gasteiger partial charge in [-0.2, -0.15) is 0 Å². The zero-order chi connectivity index (χ0) is 18.0. The Bertz CT molecular complexity index is 917. The van der Waals surface area contributed by atoms with Crippen molar-refractivity contribution in [2.24, 2.45) is 0 Å². The fraction of sp³-hybridized carbons (Fsp3) is 0.222. The van der Waals surface area contributed by atoms with Crippen molar-refractivity contribution in [3.05, 3.63) is 51.6 Å². The molecule has 2 heterocycles. The topological polar surface area (TPSA) is 56.2 Å². The number of nitrogens with one attached hydrogen (secondary N) is 1. The molecule has 5 nitrogen and oxygen atoms in total. The van der Waals surface area contributed by atoms with Crippen molar-refractivity contribution in [1.82, 2.24) is 9.55 Å². The van der Waals surface area contributed by atoms with Crippen LogP contribution in [-0.4, -0.2) is 22.6 Å². The first-order valence-electron chi connectivity index (χ1n) is 7.79. The number of carbonyl (C=O) groups is 1. The van der Waals surface area contributed by atoms with E-state index >= 15 is 0 Å². The van der Waals surface area contributed by atoms with Crippen LogP contribution in [0.2, 0.25) is 0 Å². The molecule has 0 saturated heterocycles.